The molecule has 0 spiro atoms. The van der Waals surface area contributed by atoms with Crippen molar-refractivity contribution in [1.29, 1.82) is 0 Å². The molecule has 0 radical (unpaired) electrons. The van der Waals surface area contributed by atoms with Gasteiger partial charge in [0.25, 0.3) is 0 Å². The second kappa shape index (κ2) is 13.4. The van der Waals surface area contributed by atoms with Gasteiger partial charge in [-0.25, -0.2) is 4.79 Å². The molecular formula is C26H33NO6. The number of esters is 1. The highest BCUT2D eigenvalue weighted by atomic mass is 16.7. The van der Waals surface area contributed by atoms with Gasteiger partial charge < -0.3 is 24.3 Å². The molecule has 1 atom stereocenters. The Hall–Kier alpha value is -3.16. The molecule has 0 saturated carbocycles. The van der Waals surface area contributed by atoms with Crippen molar-refractivity contribution < 1.29 is 28.5 Å². The molecule has 0 unspecified atom stereocenters. The van der Waals surface area contributed by atoms with Crippen LogP contribution in [0.5, 0.6) is 0 Å². The molecule has 7 heteroatoms. The minimum Gasteiger partial charge on any atom is -0.460 e. The standard InChI is InChI=1S/C26H33NO6/c1-5-16-30-25(29)27-22(17-23(28)33-26(2,3)4)24(31-18-20-12-8-6-9-13-20)32-19-21-14-10-7-11-15-21/h5-15,22,24H,1,16-19H2,2-4H3,(H,27,29)/t22-/m0/s1. The Kier molecular flexibility index (Phi) is 10.6. The zero-order chi connectivity index (χ0) is 24.1. The summed E-state index contributed by atoms with van der Waals surface area (Å²) in [6, 6.07) is 18.3. The summed E-state index contributed by atoms with van der Waals surface area (Å²) >= 11 is 0. The van der Waals surface area contributed by atoms with Crippen LogP contribution in [0.2, 0.25) is 0 Å². The van der Waals surface area contributed by atoms with E-state index in [0.29, 0.717) is 0 Å². The molecule has 178 valence electrons. The lowest BCUT2D eigenvalue weighted by atomic mass is 10.1. The molecule has 1 amide bonds. The maximum Gasteiger partial charge on any atom is 0.407 e. The van der Waals surface area contributed by atoms with E-state index in [1.54, 1.807) is 20.8 Å². The average Bonchev–Trinajstić information content (AvgIpc) is 2.77. The molecule has 0 bridgehead atoms. The van der Waals surface area contributed by atoms with Crippen LogP contribution in [-0.2, 0) is 37.0 Å². The van der Waals surface area contributed by atoms with E-state index >= 15 is 0 Å². The van der Waals surface area contributed by atoms with Crippen molar-refractivity contribution in [2.24, 2.45) is 0 Å². The highest BCUT2D eigenvalue weighted by molar-refractivity contribution is 5.73. The van der Waals surface area contributed by atoms with E-state index in [0.717, 1.165) is 11.1 Å². The Morgan fingerprint density at radius 3 is 1.91 bits per heavy atom. The van der Waals surface area contributed by atoms with Crippen molar-refractivity contribution in [3.63, 3.8) is 0 Å². The first-order valence-electron chi connectivity index (χ1n) is 10.8. The third-order valence-corrected chi connectivity index (χ3v) is 4.28. The lowest BCUT2D eigenvalue weighted by Crippen LogP contribution is -2.47. The normalized spacial score (nSPS) is 12.1. The lowest BCUT2D eigenvalue weighted by Gasteiger charge is -2.29. The zero-order valence-corrected chi connectivity index (χ0v) is 19.5. The highest BCUT2D eigenvalue weighted by Crippen LogP contribution is 2.16. The summed E-state index contributed by atoms with van der Waals surface area (Å²) in [5.41, 5.74) is 1.18. The van der Waals surface area contributed by atoms with E-state index in [4.69, 9.17) is 18.9 Å². The van der Waals surface area contributed by atoms with Crippen molar-refractivity contribution in [3.8, 4) is 0 Å². The molecule has 2 aromatic rings. The van der Waals surface area contributed by atoms with Crippen LogP contribution in [0.3, 0.4) is 0 Å². The molecule has 0 saturated heterocycles. The van der Waals surface area contributed by atoms with E-state index < -0.39 is 30.0 Å². The summed E-state index contributed by atoms with van der Waals surface area (Å²) in [5, 5.41) is 2.68. The quantitative estimate of drug-likeness (QED) is 0.282. The van der Waals surface area contributed by atoms with Crippen LogP contribution in [0.4, 0.5) is 4.79 Å². The largest absolute Gasteiger partial charge is 0.460 e. The SMILES string of the molecule is C=CCOC(=O)N[C@@H](CC(=O)OC(C)(C)C)C(OCc1ccccc1)OCc1ccccc1. The van der Waals surface area contributed by atoms with Crippen LogP contribution < -0.4 is 5.32 Å². The Balaban J connectivity index is 2.19. The number of carbonyl (C=O) groups excluding carboxylic acids is 2. The fourth-order valence-electron chi connectivity index (χ4n) is 2.89. The summed E-state index contributed by atoms with van der Waals surface area (Å²) in [4.78, 5) is 24.9. The van der Waals surface area contributed by atoms with Gasteiger partial charge in [0, 0.05) is 0 Å². The zero-order valence-electron chi connectivity index (χ0n) is 19.5. The molecule has 7 nitrogen and oxygen atoms in total. The smallest absolute Gasteiger partial charge is 0.407 e. The first-order chi connectivity index (χ1) is 15.8. The molecule has 0 fully saturated rings. The third kappa shape index (κ3) is 10.8. The Bertz CT molecular complexity index is 820. The Morgan fingerprint density at radius 2 is 1.45 bits per heavy atom. The summed E-state index contributed by atoms with van der Waals surface area (Å²) in [5.74, 6) is -0.492. The van der Waals surface area contributed by atoms with E-state index in [1.165, 1.54) is 6.08 Å². The number of carbonyl (C=O) groups is 2. The van der Waals surface area contributed by atoms with Crippen molar-refractivity contribution in [2.75, 3.05) is 6.61 Å². The van der Waals surface area contributed by atoms with Crippen LogP contribution in [0, 0.1) is 0 Å². The number of hydrogen-bond donors (Lipinski definition) is 1. The van der Waals surface area contributed by atoms with Crippen LogP contribution in [0.1, 0.15) is 38.3 Å². The molecule has 0 aliphatic heterocycles. The maximum atomic E-state index is 12.6. The van der Waals surface area contributed by atoms with E-state index in [1.807, 2.05) is 60.7 Å². The summed E-state index contributed by atoms with van der Waals surface area (Å²) in [7, 11) is 0. The highest BCUT2D eigenvalue weighted by Gasteiger charge is 2.30. The topological polar surface area (TPSA) is 83.1 Å². The first kappa shape index (κ1) is 26.1. The summed E-state index contributed by atoms with van der Waals surface area (Å²) in [6.45, 7) is 9.36. The van der Waals surface area contributed by atoms with Crippen LogP contribution in [-0.4, -0.2) is 36.6 Å². The predicted octanol–water partition coefficient (Wildman–Crippen LogP) is 4.76. The minimum absolute atomic E-state index is 0.0331. The minimum atomic E-state index is -0.936. The number of hydrogen-bond acceptors (Lipinski definition) is 6. The molecule has 2 rings (SSSR count). The second-order valence-corrected chi connectivity index (χ2v) is 8.39. The van der Waals surface area contributed by atoms with Crippen LogP contribution >= 0.6 is 0 Å². The van der Waals surface area contributed by atoms with Gasteiger partial charge in [0.1, 0.15) is 12.2 Å². The van der Waals surface area contributed by atoms with Gasteiger partial charge in [0.2, 0.25) is 0 Å². The fraction of sp³-hybridized carbons (Fsp3) is 0.385. The number of benzene rings is 2. The van der Waals surface area contributed by atoms with Gasteiger partial charge >= 0.3 is 12.1 Å². The molecule has 0 aromatic heterocycles. The third-order valence-electron chi connectivity index (χ3n) is 4.28. The van der Waals surface area contributed by atoms with Gasteiger partial charge in [-0.05, 0) is 31.9 Å². The number of rotatable bonds is 12. The van der Waals surface area contributed by atoms with Crippen molar-refractivity contribution in [2.45, 2.75) is 58.3 Å². The molecule has 1 N–H and O–H groups in total. The Labute approximate surface area is 195 Å². The Morgan fingerprint density at radius 1 is 0.939 bits per heavy atom. The molecular weight excluding hydrogens is 422 g/mol. The fourth-order valence-corrected chi connectivity index (χ4v) is 2.89. The van der Waals surface area contributed by atoms with Crippen molar-refractivity contribution in [1.82, 2.24) is 5.32 Å². The summed E-state index contributed by atoms with van der Waals surface area (Å²) < 4.78 is 22.6. The van der Waals surface area contributed by atoms with E-state index in [9.17, 15) is 9.59 Å². The number of nitrogens with one attached hydrogen (secondary N) is 1. The number of alkyl carbamates (subject to hydrolysis) is 1. The predicted molar refractivity (Wildman–Crippen MR) is 125 cm³/mol. The van der Waals surface area contributed by atoms with Crippen LogP contribution in [0.15, 0.2) is 73.3 Å². The van der Waals surface area contributed by atoms with Gasteiger partial charge in [-0.15, -0.1) is 0 Å². The van der Waals surface area contributed by atoms with Crippen molar-refractivity contribution >= 4 is 12.1 Å². The monoisotopic (exact) mass is 455 g/mol. The average molecular weight is 456 g/mol. The summed E-state index contributed by atoms with van der Waals surface area (Å²) in [6.07, 6.45) is -0.346. The second-order valence-electron chi connectivity index (χ2n) is 8.39. The molecule has 0 aliphatic carbocycles. The van der Waals surface area contributed by atoms with Gasteiger partial charge in [0.05, 0.1) is 25.7 Å². The van der Waals surface area contributed by atoms with Gasteiger partial charge in [-0.1, -0.05) is 73.3 Å². The molecule has 0 heterocycles. The van der Waals surface area contributed by atoms with E-state index in [2.05, 4.69) is 11.9 Å². The lowest BCUT2D eigenvalue weighted by molar-refractivity contribution is -0.181. The van der Waals surface area contributed by atoms with Gasteiger partial charge in [-0.2, -0.15) is 0 Å². The molecule has 2 aromatic carbocycles. The van der Waals surface area contributed by atoms with Gasteiger partial charge in [-0.3, -0.25) is 4.79 Å². The van der Waals surface area contributed by atoms with Crippen LogP contribution in [0.25, 0.3) is 0 Å². The molecule has 0 aliphatic rings. The maximum absolute atomic E-state index is 12.6. The van der Waals surface area contributed by atoms with Gasteiger partial charge in [0.15, 0.2) is 6.29 Å². The number of ether oxygens (including phenoxy) is 4. The first-order valence-corrected chi connectivity index (χ1v) is 10.8. The number of amides is 1. The van der Waals surface area contributed by atoms with E-state index in [-0.39, 0.29) is 26.2 Å². The molecule has 33 heavy (non-hydrogen) atoms. The van der Waals surface area contributed by atoms with Crippen molar-refractivity contribution in [3.05, 3.63) is 84.4 Å².